The number of carbonyl (C=O) groups is 1. The molecule has 1 saturated heterocycles. The van der Waals surface area contributed by atoms with Gasteiger partial charge in [0.15, 0.2) is 5.69 Å². The minimum atomic E-state index is -0.147. The van der Waals surface area contributed by atoms with Gasteiger partial charge in [-0.15, -0.1) is 0 Å². The van der Waals surface area contributed by atoms with Crippen molar-refractivity contribution in [2.45, 2.75) is 76.0 Å². The normalized spacial score (nSPS) is 28.7. The lowest BCUT2D eigenvalue weighted by molar-refractivity contribution is 0.0535. The number of piperidine rings is 1. The zero-order valence-electron chi connectivity index (χ0n) is 14.3. The van der Waals surface area contributed by atoms with Crippen molar-refractivity contribution in [3.05, 3.63) is 17.0 Å². The number of amides is 1. The lowest BCUT2D eigenvalue weighted by Gasteiger charge is -2.37. The second-order valence-corrected chi connectivity index (χ2v) is 7.58. The molecule has 0 bridgehead atoms. The largest absolute Gasteiger partial charge is 0.393 e. The molecule has 2 fully saturated rings. The summed E-state index contributed by atoms with van der Waals surface area (Å²) in [5.74, 6) is -0.0108. The number of rotatable bonds is 3. The zero-order valence-corrected chi connectivity index (χ0v) is 14.3. The van der Waals surface area contributed by atoms with E-state index in [-0.39, 0.29) is 18.1 Å². The van der Waals surface area contributed by atoms with Gasteiger partial charge in [0.1, 0.15) is 0 Å². The highest BCUT2D eigenvalue weighted by Gasteiger charge is 2.35. The van der Waals surface area contributed by atoms with Crippen LogP contribution in [0, 0.1) is 0 Å². The molecule has 0 radical (unpaired) electrons. The fraction of sp³-hybridized carbons (Fsp3) is 0.778. The van der Waals surface area contributed by atoms with E-state index in [4.69, 9.17) is 0 Å². The van der Waals surface area contributed by atoms with Crippen LogP contribution in [0.2, 0.25) is 0 Å². The van der Waals surface area contributed by atoms with Crippen LogP contribution < -0.4 is 5.32 Å². The van der Waals surface area contributed by atoms with Gasteiger partial charge in [0.25, 0.3) is 5.91 Å². The Bertz CT molecular complexity index is 592. The van der Waals surface area contributed by atoms with E-state index in [1.165, 1.54) is 6.42 Å². The van der Waals surface area contributed by atoms with E-state index in [1.807, 2.05) is 0 Å². The van der Waals surface area contributed by atoms with Gasteiger partial charge in [-0.05, 0) is 57.8 Å². The van der Waals surface area contributed by atoms with Crippen LogP contribution >= 0.6 is 0 Å². The van der Waals surface area contributed by atoms with E-state index in [0.717, 1.165) is 75.7 Å². The van der Waals surface area contributed by atoms with Gasteiger partial charge in [-0.1, -0.05) is 0 Å². The molecule has 6 heteroatoms. The number of hydrogen-bond acceptors (Lipinski definition) is 4. The average molecular weight is 332 g/mol. The number of aromatic amines is 1. The summed E-state index contributed by atoms with van der Waals surface area (Å²) in [5, 5.41) is 20.3. The molecule has 2 unspecified atom stereocenters. The first kappa shape index (κ1) is 16.1. The molecule has 1 aromatic rings. The third-order valence-electron chi connectivity index (χ3n) is 6.04. The summed E-state index contributed by atoms with van der Waals surface area (Å²) in [6.07, 6.45) is 9.20. The maximum absolute atomic E-state index is 12.8. The molecule has 1 aromatic heterocycles. The van der Waals surface area contributed by atoms with Gasteiger partial charge >= 0.3 is 0 Å². The molecule has 2 heterocycles. The predicted octanol–water partition coefficient (Wildman–Crippen LogP) is 1.40. The Labute approximate surface area is 143 Å². The molecule has 1 saturated carbocycles. The summed E-state index contributed by atoms with van der Waals surface area (Å²) in [4.78, 5) is 15.2. The first-order valence-corrected chi connectivity index (χ1v) is 9.51. The molecule has 3 N–H and O–H groups in total. The molecule has 1 amide bonds. The Morgan fingerprint density at radius 1 is 1.12 bits per heavy atom. The fourth-order valence-corrected chi connectivity index (χ4v) is 4.67. The number of aryl methyl sites for hydroxylation is 1. The minimum Gasteiger partial charge on any atom is -0.393 e. The molecule has 6 nitrogen and oxygen atoms in total. The van der Waals surface area contributed by atoms with Crippen LogP contribution in [0.25, 0.3) is 0 Å². The fourth-order valence-electron chi connectivity index (χ4n) is 4.67. The number of likely N-dealkylation sites (tertiary alicyclic amines) is 1. The summed E-state index contributed by atoms with van der Waals surface area (Å²) >= 11 is 0. The van der Waals surface area contributed by atoms with Gasteiger partial charge in [0.05, 0.1) is 6.10 Å². The topological polar surface area (TPSA) is 81.2 Å². The van der Waals surface area contributed by atoms with E-state index < -0.39 is 0 Å². The van der Waals surface area contributed by atoms with Crippen LogP contribution in [0.4, 0.5) is 0 Å². The summed E-state index contributed by atoms with van der Waals surface area (Å²) in [7, 11) is 0. The quantitative estimate of drug-likeness (QED) is 0.781. The first-order chi connectivity index (χ1) is 11.7. The van der Waals surface area contributed by atoms with Crippen LogP contribution in [-0.2, 0) is 12.8 Å². The van der Waals surface area contributed by atoms with E-state index in [9.17, 15) is 9.90 Å². The van der Waals surface area contributed by atoms with Crippen molar-refractivity contribution in [1.29, 1.82) is 0 Å². The molecule has 2 aliphatic carbocycles. The molecule has 0 aromatic carbocycles. The van der Waals surface area contributed by atoms with Crippen LogP contribution in [0.5, 0.6) is 0 Å². The van der Waals surface area contributed by atoms with Crippen molar-refractivity contribution >= 4 is 5.91 Å². The maximum Gasteiger partial charge on any atom is 0.272 e. The highest BCUT2D eigenvalue weighted by Crippen LogP contribution is 2.28. The van der Waals surface area contributed by atoms with Gasteiger partial charge in [0, 0.05) is 36.4 Å². The predicted molar refractivity (Wildman–Crippen MR) is 90.9 cm³/mol. The van der Waals surface area contributed by atoms with Crippen molar-refractivity contribution in [1.82, 2.24) is 20.4 Å². The number of hydrogen-bond donors (Lipinski definition) is 3. The summed E-state index contributed by atoms with van der Waals surface area (Å²) in [6.45, 7) is 1.88. The molecule has 4 rings (SSSR count). The highest BCUT2D eigenvalue weighted by atomic mass is 16.3. The molecule has 1 aliphatic heterocycles. The molecule has 2 atom stereocenters. The first-order valence-electron chi connectivity index (χ1n) is 9.51. The van der Waals surface area contributed by atoms with Crippen LogP contribution in [0.1, 0.15) is 66.7 Å². The number of aliphatic hydroxyl groups excluding tert-OH is 1. The molecule has 132 valence electrons. The lowest BCUT2D eigenvalue weighted by Crippen LogP contribution is -2.51. The Morgan fingerprint density at radius 3 is 2.75 bits per heavy atom. The van der Waals surface area contributed by atoms with Crippen molar-refractivity contribution < 1.29 is 9.90 Å². The van der Waals surface area contributed by atoms with Crippen molar-refractivity contribution in [3.63, 3.8) is 0 Å². The van der Waals surface area contributed by atoms with E-state index in [0.29, 0.717) is 11.7 Å². The Hall–Kier alpha value is -1.40. The number of aromatic nitrogens is 2. The number of aliphatic hydroxyl groups is 1. The number of fused-ring (bicyclic) bond motifs is 1. The highest BCUT2D eigenvalue weighted by molar-refractivity contribution is 5.94. The van der Waals surface area contributed by atoms with Crippen LogP contribution in [0.3, 0.4) is 0 Å². The number of nitrogens with zero attached hydrogens (tertiary/aromatic N) is 2. The van der Waals surface area contributed by atoms with Gasteiger partial charge in [-0.3, -0.25) is 14.8 Å². The average Bonchev–Trinajstić information content (AvgIpc) is 3.22. The summed E-state index contributed by atoms with van der Waals surface area (Å²) in [6, 6.07) is 0.625. The van der Waals surface area contributed by atoms with Gasteiger partial charge in [-0.25, -0.2) is 0 Å². The smallest absolute Gasteiger partial charge is 0.272 e. The number of carbonyl (C=O) groups excluding carboxylic acids is 1. The third kappa shape index (κ3) is 3.09. The van der Waals surface area contributed by atoms with Crippen LogP contribution in [0.15, 0.2) is 0 Å². The van der Waals surface area contributed by atoms with E-state index >= 15 is 0 Å². The number of nitrogens with one attached hydrogen (secondary N) is 2. The monoisotopic (exact) mass is 332 g/mol. The standard InChI is InChI=1S/C18H28N4O2/c23-12-8-10-22(11-9-12)16-7-3-6-15(16)19-18(24)17-13-4-1-2-5-14(13)20-21-17/h12,15-16,23H,1-11H2,(H,19,24)(H,20,21). The second-order valence-electron chi connectivity index (χ2n) is 7.58. The molecule has 24 heavy (non-hydrogen) atoms. The van der Waals surface area contributed by atoms with E-state index in [1.54, 1.807) is 0 Å². The Morgan fingerprint density at radius 2 is 1.92 bits per heavy atom. The molecule has 3 aliphatic rings. The lowest BCUT2D eigenvalue weighted by atomic mass is 9.95. The van der Waals surface area contributed by atoms with Crippen molar-refractivity contribution in [2.75, 3.05) is 13.1 Å². The zero-order chi connectivity index (χ0) is 16.5. The summed E-state index contributed by atoms with van der Waals surface area (Å²) in [5.41, 5.74) is 2.90. The Balaban J connectivity index is 1.42. The molecular weight excluding hydrogens is 304 g/mol. The second kappa shape index (κ2) is 6.84. The third-order valence-corrected chi connectivity index (χ3v) is 6.04. The maximum atomic E-state index is 12.8. The molecule has 0 spiro atoms. The SMILES string of the molecule is O=C(NC1CCCC1N1CCC(O)CC1)c1n[nH]c2c1CCCC2. The number of H-pyrrole nitrogens is 1. The summed E-state index contributed by atoms with van der Waals surface area (Å²) < 4.78 is 0. The Kier molecular flexibility index (Phi) is 4.59. The van der Waals surface area contributed by atoms with Crippen molar-refractivity contribution in [2.24, 2.45) is 0 Å². The van der Waals surface area contributed by atoms with Crippen LogP contribution in [-0.4, -0.2) is 57.4 Å². The van der Waals surface area contributed by atoms with Crippen molar-refractivity contribution in [3.8, 4) is 0 Å². The van der Waals surface area contributed by atoms with Gasteiger partial charge < -0.3 is 10.4 Å². The van der Waals surface area contributed by atoms with Gasteiger partial charge in [0.2, 0.25) is 0 Å². The minimum absolute atomic E-state index is 0.0108. The molecular formula is C18H28N4O2. The van der Waals surface area contributed by atoms with E-state index in [2.05, 4.69) is 20.4 Å². The van der Waals surface area contributed by atoms with Gasteiger partial charge in [-0.2, -0.15) is 5.10 Å².